The fraction of sp³-hybridized carbons (Fsp3) is 0.684. The number of piperidine rings is 1. The minimum absolute atomic E-state index is 0.500. The second-order valence-corrected chi connectivity index (χ2v) is 6.94. The number of rotatable bonds is 4. The second kappa shape index (κ2) is 6.93. The highest BCUT2D eigenvalue weighted by atomic mass is 16.5. The van der Waals surface area contributed by atoms with Gasteiger partial charge in [0.1, 0.15) is 0 Å². The van der Waals surface area contributed by atoms with Crippen molar-refractivity contribution in [1.82, 2.24) is 5.32 Å². The summed E-state index contributed by atoms with van der Waals surface area (Å²) in [4.78, 5) is 0. The monoisotopic (exact) mass is 287 g/mol. The lowest BCUT2D eigenvalue weighted by Crippen LogP contribution is -2.50. The highest BCUT2D eigenvalue weighted by Crippen LogP contribution is 2.46. The maximum absolute atomic E-state index is 6.02. The lowest BCUT2D eigenvalue weighted by Gasteiger charge is -2.49. The highest BCUT2D eigenvalue weighted by Gasteiger charge is 2.44. The zero-order valence-electron chi connectivity index (χ0n) is 13.3. The fourth-order valence-electron chi connectivity index (χ4n) is 4.37. The molecule has 2 aliphatic heterocycles. The van der Waals surface area contributed by atoms with Crippen LogP contribution in [0.15, 0.2) is 30.3 Å². The van der Waals surface area contributed by atoms with E-state index in [2.05, 4.69) is 42.6 Å². The summed E-state index contributed by atoms with van der Waals surface area (Å²) in [5.41, 5.74) is 2.00. The summed E-state index contributed by atoms with van der Waals surface area (Å²) >= 11 is 0. The van der Waals surface area contributed by atoms with Gasteiger partial charge in [-0.05, 0) is 62.1 Å². The van der Waals surface area contributed by atoms with Crippen molar-refractivity contribution in [1.29, 1.82) is 0 Å². The molecule has 3 atom stereocenters. The first-order chi connectivity index (χ1) is 10.3. The maximum Gasteiger partial charge on any atom is 0.0580 e. The second-order valence-electron chi connectivity index (χ2n) is 6.94. The molecule has 2 nitrogen and oxygen atoms in total. The molecule has 1 spiro atoms. The van der Waals surface area contributed by atoms with Gasteiger partial charge in [0.25, 0.3) is 0 Å². The molecule has 0 amide bonds. The Morgan fingerprint density at radius 1 is 1.24 bits per heavy atom. The first-order valence-electron chi connectivity index (χ1n) is 8.69. The van der Waals surface area contributed by atoms with E-state index >= 15 is 0 Å². The number of benzene rings is 1. The SMILES string of the molecule is CCCC1CC2(CCNCC2Cc2ccccc2)CCO1. The summed E-state index contributed by atoms with van der Waals surface area (Å²) in [5, 5.41) is 3.63. The molecule has 1 aromatic rings. The van der Waals surface area contributed by atoms with Gasteiger partial charge in [-0.3, -0.25) is 0 Å². The molecule has 1 N–H and O–H groups in total. The molecular weight excluding hydrogens is 258 g/mol. The minimum atomic E-state index is 0.500. The summed E-state index contributed by atoms with van der Waals surface area (Å²) in [6.45, 7) is 5.60. The molecule has 3 rings (SSSR count). The number of ether oxygens (including phenoxy) is 1. The molecule has 0 aliphatic carbocycles. The summed E-state index contributed by atoms with van der Waals surface area (Å²) < 4.78 is 6.02. The molecular formula is C19H29NO. The maximum atomic E-state index is 6.02. The van der Waals surface area contributed by atoms with Crippen molar-refractivity contribution in [3.8, 4) is 0 Å². The van der Waals surface area contributed by atoms with Gasteiger partial charge in [0.05, 0.1) is 6.10 Å². The number of hydrogen-bond donors (Lipinski definition) is 1. The average Bonchev–Trinajstić information content (AvgIpc) is 2.52. The van der Waals surface area contributed by atoms with Crippen LogP contribution in [0.3, 0.4) is 0 Å². The Morgan fingerprint density at radius 3 is 2.90 bits per heavy atom. The molecule has 2 aliphatic rings. The third kappa shape index (κ3) is 3.49. The van der Waals surface area contributed by atoms with Crippen LogP contribution in [0.5, 0.6) is 0 Å². The minimum Gasteiger partial charge on any atom is -0.378 e. The molecule has 3 unspecified atom stereocenters. The Bertz CT molecular complexity index is 426. The van der Waals surface area contributed by atoms with Crippen molar-refractivity contribution in [2.45, 2.75) is 51.6 Å². The molecule has 2 fully saturated rings. The largest absolute Gasteiger partial charge is 0.378 e. The molecule has 2 saturated heterocycles. The number of hydrogen-bond acceptors (Lipinski definition) is 2. The summed E-state index contributed by atoms with van der Waals surface area (Å²) in [6, 6.07) is 11.0. The van der Waals surface area contributed by atoms with Crippen LogP contribution >= 0.6 is 0 Å². The van der Waals surface area contributed by atoms with Gasteiger partial charge >= 0.3 is 0 Å². The molecule has 2 heterocycles. The van der Waals surface area contributed by atoms with Crippen LogP contribution in [0.25, 0.3) is 0 Å². The topological polar surface area (TPSA) is 21.3 Å². The van der Waals surface area contributed by atoms with Gasteiger partial charge < -0.3 is 10.1 Å². The van der Waals surface area contributed by atoms with E-state index in [1.165, 1.54) is 57.2 Å². The van der Waals surface area contributed by atoms with Crippen LogP contribution in [0.4, 0.5) is 0 Å². The van der Waals surface area contributed by atoms with Gasteiger partial charge in [-0.2, -0.15) is 0 Å². The molecule has 0 aromatic heterocycles. The van der Waals surface area contributed by atoms with E-state index in [-0.39, 0.29) is 0 Å². The van der Waals surface area contributed by atoms with Crippen molar-refractivity contribution in [2.75, 3.05) is 19.7 Å². The molecule has 21 heavy (non-hydrogen) atoms. The van der Waals surface area contributed by atoms with E-state index in [1.54, 1.807) is 0 Å². The van der Waals surface area contributed by atoms with Crippen molar-refractivity contribution >= 4 is 0 Å². The average molecular weight is 287 g/mol. The predicted octanol–water partition coefficient (Wildman–Crippen LogP) is 3.80. The molecule has 1 aromatic carbocycles. The Labute approximate surface area is 129 Å². The Kier molecular flexibility index (Phi) is 4.97. The van der Waals surface area contributed by atoms with Gasteiger partial charge in [-0.15, -0.1) is 0 Å². The van der Waals surface area contributed by atoms with E-state index in [0.717, 1.165) is 12.5 Å². The third-order valence-electron chi connectivity index (χ3n) is 5.58. The smallest absolute Gasteiger partial charge is 0.0580 e. The quantitative estimate of drug-likeness (QED) is 0.909. The lowest BCUT2D eigenvalue weighted by atomic mass is 9.62. The van der Waals surface area contributed by atoms with Gasteiger partial charge in [0.2, 0.25) is 0 Å². The van der Waals surface area contributed by atoms with Crippen LogP contribution in [-0.4, -0.2) is 25.8 Å². The van der Waals surface area contributed by atoms with Gasteiger partial charge in [0, 0.05) is 6.61 Å². The summed E-state index contributed by atoms with van der Waals surface area (Å²) in [7, 11) is 0. The van der Waals surface area contributed by atoms with Crippen LogP contribution in [0, 0.1) is 11.3 Å². The standard InChI is InChI=1S/C19H29NO/c1-2-6-18-14-19(10-12-21-18)9-11-20-15-17(19)13-16-7-4-3-5-8-16/h3-5,7-8,17-18,20H,2,6,9-15H2,1H3. The van der Waals surface area contributed by atoms with Crippen molar-refractivity contribution < 1.29 is 4.74 Å². The molecule has 0 saturated carbocycles. The third-order valence-corrected chi connectivity index (χ3v) is 5.58. The van der Waals surface area contributed by atoms with Crippen LogP contribution in [-0.2, 0) is 11.2 Å². The zero-order valence-corrected chi connectivity index (χ0v) is 13.3. The summed E-state index contributed by atoms with van der Waals surface area (Å²) in [6.07, 6.45) is 8.04. The van der Waals surface area contributed by atoms with E-state index in [1.807, 2.05) is 0 Å². The van der Waals surface area contributed by atoms with Crippen LogP contribution in [0.2, 0.25) is 0 Å². The lowest BCUT2D eigenvalue weighted by molar-refractivity contribution is -0.0852. The van der Waals surface area contributed by atoms with Gasteiger partial charge in [-0.25, -0.2) is 0 Å². The Hall–Kier alpha value is -0.860. The molecule has 0 radical (unpaired) electrons. The number of nitrogens with one attached hydrogen (secondary N) is 1. The van der Waals surface area contributed by atoms with Crippen molar-refractivity contribution in [3.63, 3.8) is 0 Å². The predicted molar refractivity (Wildman–Crippen MR) is 87.4 cm³/mol. The van der Waals surface area contributed by atoms with E-state index in [9.17, 15) is 0 Å². The van der Waals surface area contributed by atoms with Crippen molar-refractivity contribution in [3.05, 3.63) is 35.9 Å². The van der Waals surface area contributed by atoms with E-state index in [0.29, 0.717) is 11.5 Å². The van der Waals surface area contributed by atoms with Gasteiger partial charge in [0.15, 0.2) is 0 Å². The molecule has 2 heteroatoms. The van der Waals surface area contributed by atoms with E-state index in [4.69, 9.17) is 4.74 Å². The normalized spacial score (nSPS) is 33.2. The van der Waals surface area contributed by atoms with Gasteiger partial charge in [-0.1, -0.05) is 43.7 Å². The molecule has 116 valence electrons. The first-order valence-corrected chi connectivity index (χ1v) is 8.69. The first kappa shape index (κ1) is 15.1. The van der Waals surface area contributed by atoms with Crippen molar-refractivity contribution in [2.24, 2.45) is 11.3 Å². The zero-order chi connectivity index (χ0) is 14.5. The highest BCUT2D eigenvalue weighted by molar-refractivity contribution is 5.16. The van der Waals surface area contributed by atoms with Crippen LogP contribution < -0.4 is 5.32 Å². The van der Waals surface area contributed by atoms with E-state index < -0.39 is 0 Å². The Balaban J connectivity index is 1.74. The molecule has 0 bridgehead atoms. The Morgan fingerprint density at radius 2 is 2.10 bits per heavy atom. The van der Waals surface area contributed by atoms with Crippen LogP contribution in [0.1, 0.15) is 44.6 Å². The fourth-order valence-corrected chi connectivity index (χ4v) is 4.37. The summed E-state index contributed by atoms with van der Waals surface area (Å²) in [5.74, 6) is 0.761.